The summed E-state index contributed by atoms with van der Waals surface area (Å²) in [7, 11) is 0. The second-order valence-corrected chi connectivity index (χ2v) is 2.96. The smallest absolute Gasteiger partial charge is 0.545 e. The van der Waals surface area contributed by atoms with Gasteiger partial charge in [-0.1, -0.05) is 39.3 Å². The Morgan fingerprint density at radius 1 is 1.18 bits per heavy atom. The van der Waals surface area contributed by atoms with Crippen molar-refractivity contribution in [3.63, 3.8) is 0 Å². The number of rotatable bonds is 7. The summed E-state index contributed by atoms with van der Waals surface area (Å²) in [5, 5.41) is 9.14. The van der Waals surface area contributed by atoms with Crippen molar-refractivity contribution in [1.82, 2.24) is 0 Å². The van der Waals surface area contributed by atoms with E-state index in [1.807, 2.05) is 0 Å². The first-order valence-electron chi connectivity index (χ1n) is 5.21. The van der Waals surface area contributed by atoms with Gasteiger partial charge in [0, 0.05) is 6.08 Å². The van der Waals surface area contributed by atoms with E-state index in [1.54, 1.807) is 0 Å². The minimum absolute atomic E-state index is 0. The van der Waals surface area contributed by atoms with Crippen LogP contribution >= 0.6 is 0 Å². The molecule has 0 aromatic rings. The zero-order valence-electron chi connectivity index (χ0n) is 10.7. The molecule has 0 aliphatic carbocycles. The Morgan fingerprint density at radius 2 is 1.71 bits per heavy atom. The Balaban J connectivity index is -0.000000280. The van der Waals surface area contributed by atoms with Gasteiger partial charge in [-0.15, -0.1) is 0 Å². The fourth-order valence-electron chi connectivity index (χ4n) is 0.761. The first kappa shape index (κ1) is 21.7. The zero-order chi connectivity index (χ0) is 12.8. The van der Waals surface area contributed by atoms with Crippen molar-refractivity contribution in [2.75, 3.05) is 6.61 Å². The van der Waals surface area contributed by atoms with E-state index in [0.29, 0.717) is 6.61 Å². The second-order valence-electron chi connectivity index (χ2n) is 2.96. The van der Waals surface area contributed by atoms with Crippen LogP contribution in [0.3, 0.4) is 0 Å². The number of carboxylic acids is 1. The number of aliphatic carboxylic acids is 1. The van der Waals surface area contributed by atoms with Crippen LogP contribution in [0.1, 0.15) is 32.6 Å². The van der Waals surface area contributed by atoms with Gasteiger partial charge in [0.1, 0.15) is 0 Å². The average Bonchev–Trinajstić information content (AvgIpc) is 2.29. The fraction of sp³-hybridized carbons (Fsp3) is 0.500. The van der Waals surface area contributed by atoms with Crippen molar-refractivity contribution in [2.45, 2.75) is 32.6 Å². The molecule has 5 heteroatoms. The predicted octanol–water partition coefficient (Wildman–Crippen LogP) is -1.78. The Labute approximate surface area is 125 Å². The molecule has 0 aromatic heterocycles. The number of ether oxygens (including phenoxy) is 1. The van der Waals surface area contributed by atoms with Crippen LogP contribution in [0.2, 0.25) is 0 Å². The summed E-state index contributed by atoms with van der Waals surface area (Å²) in [6.45, 7) is 8.88. The van der Waals surface area contributed by atoms with Crippen LogP contribution in [0.25, 0.3) is 0 Å². The SMILES string of the molecule is C=CC(=O)OCCCCCC.C=CC(=O)[O-].[Na+]. The van der Waals surface area contributed by atoms with Crippen LogP contribution in [0.15, 0.2) is 25.3 Å². The standard InChI is InChI=1S/C9H16O2.C3H4O2.Na/c1-3-5-6-7-8-11-9(10)4-2;1-2-3(4)5;/h4H,2-3,5-8H2,1H3;2H,1H2,(H,4,5);/q;;+1/p-1. The molecule has 0 fully saturated rings. The van der Waals surface area contributed by atoms with E-state index in [4.69, 9.17) is 14.6 Å². The summed E-state index contributed by atoms with van der Waals surface area (Å²) in [5.74, 6) is -1.55. The molecule has 0 saturated heterocycles. The van der Waals surface area contributed by atoms with E-state index in [1.165, 1.54) is 18.9 Å². The largest absolute Gasteiger partial charge is 1.00 e. The number of carbonyl (C=O) groups is 2. The van der Waals surface area contributed by atoms with Crippen LogP contribution in [-0.4, -0.2) is 18.5 Å². The molecule has 0 aromatic carbocycles. The van der Waals surface area contributed by atoms with Crippen molar-refractivity contribution >= 4 is 11.9 Å². The summed E-state index contributed by atoms with van der Waals surface area (Å²) in [5.41, 5.74) is 0. The molecular formula is C12H19NaO4. The van der Waals surface area contributed by atoms with Gasteiger partial charge in [0.15, 0.2) is 0 Å². The van der Waals surface area contributed by atoms with Gasteiger partial charge in [-0.2, -0.15) is 0 Å². The first-order valence-corrected chi connectivity index (χ1v) is 5.21. The number of esters is 1. The average molecular weight is 250 g/mol. The van der Waals surface area contributed by atoms with Crippen molar-refractivity contribution in [3.8, 4) is 0 Å². The monoisotopic (exact) mass is 250 g/mol. The van der Waals surface area contributed by atoms with Gasteiger partial charge in [-0.05, 0) is 12.5 Å². The van der Waals surface area contributed by atoms with Crippen LogP contribution in [-0.2, 0) is 14.3 Å². The number of carbonyl (C=O) groups excluding carboxylic acids is 2. The number of unbranched alkanes of at least 4 members (excludes halogenated alkanes) is 3. The number of hydrogen-bond donors (Lipinski definition) is 0. The first-order chi connectivity index (χ1) is 7.58. The molecular weight excluding hydrogens is 231 g/mol. The molecule has 4 nitrogen and oxygen atoms in total. The van der Waals surface area contributed by atoms with Crippen molar-refractivity contribution < 1.29 is 49.0 Å². The summed E-state index contributed by atoms with van der Waals surface area (Å²) < 4.78 is 4.78. The summed E-state index contributed by atoms with van der Waals surface area (Å²) in [4.78, 5) is 19.6. The maximum Gasteiger partial charge on any atom is 1.00 e. The third-order valence-corrected chi connectivity index (χ3v) is 1.58. The second kappa shape index (κ2) is 17.8. The molecule has 0 unspecified atom stereocenters. The van der Waals surface area contributed by atoms with Crippen molar-refractivity contribution in [2.24, 2.45) is 0 Å². The van der Waals surface area contributed by atoms with E-state index in [-0.39, 0.29) is 35.5 Å². The Kier molecular flexibility index (Phi) is 22.7. The zero-order valence-corrected chi connectivity index (χ0v) is 12.7. The van der Waals surface area contributed by atoms with Gasteiger partial charge in [-0.3, -0.25) is 0 Å². The summed E-state index contributed by atoms with van der Waals surface area (Å²) in [6, 6.07) is 0. The van der Waals surface area contributed by atoms with E-state index < -0.39 is 5.97 Å². The predicted molar refractivity (Wildman–Crippen MR) is 60.5 cm³/mol. The molecule has 0 aliphatic heterocycles. The molecule has 17 heavy (non-hydrogen) atoms. The minimum Gasteiger partial charge on any atom is -0.545 e. The van der Waals surface area contributed by atoms with Crippen molar-refractivity contribution in [1.29, 1.82) is 0 Å². The van der Waals surface area contributed by atoms with Gasteiger partial charge >= 0.3 is 35.5 Å². The maximum atomic E-state index is 10.5. The van der Waals surface area contributed by atoms with Gasteiger partial charge in [0.05, 0.1) is 12.6 Å². The molecule has 0 bridgehead atoms. The van der Waals surface area contributed by atoms with Gasteiger partial charge in [-0.25, -0.2) is 4.79 Å². The Morgan fingerprint density at radius 3 is 2.06 bits per heavy atom. The Bertz CT molecular complexity index is 227. The minimum atomic E-state index is -1.23. The van der Waals surface area contributed by atoms with E-state index in [9.17, 15) is 4.79 Å². The molecule has 0 radical (unpaired) electrons. The van der Waals surface area contributed by atoms with Gasteiger partial charge in [0.2, 0.25) is 0 Å². The van der Waals surface area contributed by atoms with Gasteiger partial charge in [0.25, 0.3) is 0 Å². The van der Waals surface area contributed by atoms with Crippen LogP contribution in [0.5, 0.6) is 0 Å². The summed E-state index contributed by atoms with van der Waals surface area (Å²) >= 11 is 0. The molecule has 0 atom stereocenters. The number of hydrogen-bond acceptors (Lipinski definition) is 4. The number of carboxylic acid groups (broad SMARTS) is 1. The molecule has 0 heterocycles. The third-order valence-electron chi connectivity index (χ3n) is 1.58. The summed E-state index contributed by atoms with van der Waals surface area (Å²) in [6.07, 6.45) is 6.44. The van der Waals surface area contributed by atoms with Crippen molar-refractivity contribution in [3.05, 3.63) is 25.3 Å². The van der Waals surface area contributed by atoms with Crippen LogP contribution in [0.4, 0.5) is 0 Å². The van der Waals surface area contributed by atoms with E-state index in [2.05, 4.69) is 20.1 Å². The van der Waals surface area contributed by atoms with Gasteiger partial charge < -0.3 is 14.6 Å². The van der Waals surface area contributed by atoms with Crippen LogP contribution in [0, 0.1) is 0 Å². The Hall–Kier alpha value is -0.580. The topological polar surface area (TPSA) is 66.4 Å². The molecule has 0 amide bonds. The molecule has 0 aliphatic rings. The quantitative estimate of drug-likeness (QED) is 0.232. The fourth-order valence-corrected chi connectivity index (χ4v) is 0.761. The molecule has 0 spiro atoms. The van der Waals surface area contributed by atoms with E-state index in [0.717, 1.165) is 18.9 Å². The molecule has 0 N–H and O–H groups in total. The van der Waals surface area contributed by atoms with Crippen LogP contribution < -0.4 is 34.7 Å². The normalized spacial score (nSPS) is 7.82. The molecule has 0 saturated carbocycles. The third kappa shape index (κ3) is 25.6. The molecule has 92 valence electrons. The maximum absolute atomic E-state index is 10.5. The van der Waals surface area contributed by atoms with E-state index >= 15 is 0 Å². The molecule has 0 rings (SSSR count).